The molecule has 1 aromatic rings. The van der Waals surface area contributed by atoms with Crippen LogP contribution in [0.2, 0.25) is 0 Å². The first-order valence-corrected chi connectivity index (χ1v) is 7.70. The summed E-state index contributed by atoms with van der Waals surface area (Å²) < 4.78 is 3.28. The summed E-state index contributed by atoms with van der Waals surface area (Å²) in [4.78, 5) is 0. The van der Waals surface area contributed by atoms with Gasteiger partial charge in [0.1, 0.15) is 0 Å². The van der Waals surface area contributed by atoms with Crippen molar-refractivity contribution in [2.75, 3.05) is 13.1 Å². The largest absolute Gasteiger partial charge is 0.316 e. The Bertz CT molecular complexity index is 424. The van der Waals surface area contributed by atoms with Crippen molar-refractivity contribution in [3.63, 3.8) is 0 Å². The van der Waals surface area contributed by atoms with Gasteiger partial charge < -0.3 is 5.32 Å². The summed E-state index contributed by atoms with van der Waals surface area (Å²) in [5, 5.41) is 8.09. The van der Waals surface area contributed by atoms with E-state index in [-0.39, 0.29) is 0 Å². The number of aromatic nitrogens is 2. The van der Waals surface area contributed by atoms with Crippen LogP contribution in [0.25, 0.3) is 6.08 Å². The highest BCUT2D eigenvalue weighted by atomic mass is 79.9. The van der Waals surface area contributed by atoms with Crippen molar-refractivity contribution in [1.29, 1.82) is 0 Å². The monoisotopic (exact) mass is 311 g/mol. The van der Waals surface area contributed by atoms with E-state index in [9.17, 15) is 0 Å². The molecule has 2 heterocycles. The number of hydrogen-bond donors (Lipinski definition) is 1. The normalized spacial score (nSPS) is 19.2. The Morgan fingerprint density at radius 1 is 1.33 bits per heavy atom. The van der Waals surface area contributed by atoms with Crippen LogP contribution in [-0.4, -0.2) is 22.9 Å². The van der Waals surface area contributed by atoms with Crippen molar-refractivity contribution in [2.24, 2.45) is 0 Å². The van der Waals surface area contributed by atoms with Gasteiger partial charge in [0.15, 0.2) is 0 Å². The van der Waals surface area contributed by atoms with Crippen molar-refractivity contribution in [3.05, 3.63) is 21.4 Å². The second-order valence-corrected chi connectivity index (χ2v) is 5.51. The molecule has 0 saturated carbocycles. The highest BCUT2D eigenvalue weighted by molar-refractivity contribution is 9.10. The summed E-state index contributed by atoms with van der Waals surface area (Å²) in [6.07, 6.45) is 6.92. The Morgan fingerprint density at radius 3 is 2.89 bits per heavy atom. The maximum absolute atomic E-state index is 4.65. The van der Waals surface area contributed by atoms with E-state index in [4.69, 9.17) is 0 Å². The van der Waals surface area contributed by atoms with Crippen molar-refractivity contribution in [1.82, 2.24) is 15.1 Å². The molecule has 1 fully saturated rings. The fourth-order valence-electron chi connectivity index (χ4n) is 2.39. The van der Waals surface area contributed by atoms with Crippen molar-refractivity contribution < 1.29 is 0 Å². The second-order valence-electron chi connectivity index (χ2n) is 4.72. The molecule has 0 unspecified atom stereocenters. The van der Waals surface area contributed by atoms with Gasteiger partial charge in [-0.2, -0.15) is 5.10 Å². The topological polar surface area (TPSA) is 29.9 Å². The summed E-state index contributed by atoms with van der Waals surface area (Å²) in [5.74, 6) is 0. The fourth-order valence-corrected chi connectivity index (χ4v) is 3.07. The Hall–Kier alpha value is -0.610. The molecule has 0 spiro atoms. The SMILES string of the molecule is CCc1nn(CC)c(/C=C2/CCCNCC2)c1Br. The average Bonchev–Trinajstić information content (AvgIpc) is 2.58. The predicted molar refractivity (Wildman–Crippen MR) is 79.7 cm³/mol. The van der Waals surface area contributed by atoms with Crippen LogP contribution < -0.4 is 5.32 Å². The van der Waals surface area contributed by atoms with E-state index in [1.807, 2.05) is 0 Å². The number of nitrogens with zero attached hydrogens (tertiary/aromatic N) is 2. The number of hydrogen-bond acceptors (Lipinski definition) is 2. The lowest BCUT2D eigenvalue weighted by atomic mass is 10.1. The van der Waals surface area contributed by atoms with Crippen LogP contribution in [0.3, 0.4) is 0 Å². The van der Waals surface area contributed by atoms with Crippen molar-refractivity contribution in [2.45, 2.75) is 46.1 Å². The Kier molecular flexibility index (Phi) is 5.01. The lowest BCUT2D eigenvalue weighted by molar-refractivity contribution is 0.642. The Morgan fingerprint density at radius 2 is 2.17 bits per heavy atom. The molecule has 0 aliphatic carbocycles. The number of rotatable bonds is 3. The summed E-state index contributed by atoms with van der Waals surface area (Å²) in [6.45, 7) is 7.47. The Labute approximate surface area is 118 Å². The van der Waals surface area contributed by atoms with Crippen LogP contribution in [0.1, 0.15) is 44.5 Å². The number of nitrogens with one attached hydrogen (secondary N) is 1. The third-order valence-electron chi connectivity index (χ3n) is 3.45. The van der Waals surface area contributed by atoms with Crippen LogP contribution in [0.5, 0.6) is 0 Å². The van der Waals surface area contributed by atoms with Crippen LogP contribution in [0.15, 0.2) is 10.0 Å². The van der Waals surface area contributed by atoms with Gasteiger partial charge in [0.2, 0.25) is 0 Å². The third-order valence-corrected chi connectivity index (χ3v) is 4.31. The summed E-state index contributed by atoms with van der Waals surface area (Å²) in [7, 11) is 0. The highest BCUT2D eigenvalue weighted by Gasteiger charge is 2.13. The quantitative estimate of drug-likeness (QED) is 0.927. The summed E-state index contributed by atoms with van der Waals surface area (Å²) in [6, 6.07) is 0. The molecule has 1 aromatic heterocycles. The third kappa shape index (κ3) is 3.04. The highest BCUT2D eigenvalue weighted by Crippen LogP contribution is 2.26. The first-order chi connectivity index (χ1) is 8.76. The molecule has 1 saturated heterocycles. The van der Waals surface area contributed by atoms with E-state index in [0.717, 1.165) is 38.2 Å². The zero-order valence-corrected chi connectivity index (χ0v) is 12.9. The first kappa shape index (κ1) is 13.8. The van der Waals surface area contributed by atoms with Gasteiger partial charge in [0, 0.05) is 6.54 Å². The van der Waals surface area contributed by atoms with Gasteiger partial charge in [-0.3, -0.25) is 4.68 Å². The average molecular weight is 312 g/mol. The molecule has 4 heteroatoms. The van der Waals surface area contributed by atoms with E-state index in [2.05, 4.69) is 51.0 Å². The minimum Gasteiger partial charge on any atom is -0.316 e. The van der Waals surface area contributed by atoms with Crippen LogP contribution in [0.4, 0.5) is 0 Å². The van der Waals surface area contributed by atoms with E-state index in [0.29, 0.717) is 0 Å². The maximum Gasteiger partial charge on any atom is 0.0770 e. The van der Waals surface area contributed by atoms with E-state index in [1.165, 1.54) is 28.6 Å². The molecule has 0 radical (unpaired) electrons. The molecule has 1 aliphatic heterocycles. The Balaban J connectivity index is 2.31. The fraction of sp³-hybridized carbons (Fsp3) is 0.643. The molecule has 0 bridgehead atoms. The molecule has 1 aliphatic rings. The predicted octanol–water partition coefficient (Wildman–Crippen LogP) is 3.38. The van der Waals surface area contributed by atoms with E-state index in [1.54, 1.807) is 0 Å². The van der Waals surface area contributed by atoms with E-state index < -0.39 is 0 Å². The molecule has 18 heavy (non-hydrogen) atoms. The molecule has 0 aromatic carbocycles. The zero-order valence-electron chi connectivity index (χ0n) is 11.3. The van der Waals surface area contributed by atoms with Gasteiger partial charge in [0.25, 0.3) is 0 Å². The molecule has 0 amide bonds. The number of aryl methyl sites for hydroxylation is 2. The molecule has 2 rings (SSSR count). The zero-order chi connectivity index (χ0) is 13.0. The molecule has 1 N–H and O–H groups in total. The number of halogens is 1. The van der Waals surface area contributed by atoms with Gasteiger partial charge in [-0.15, -0.1) is 0 Å². The second kappa shape index (κ2) is 6.53. The van der Waals surface area contributed by atoms with Gasteiger partial charge >= 0.3 is 0 Å². The molecular weight excluding hydrogens is 290 g/mol. The molecule has 0 atom stereocenters. The first-order valence-electron chi connectivity index (χ1n) is 6.91. The van der Waals surface area contributed by atoms with Crippen LogP contribution >= 0.6 is 15.9 Å². The van der Waals surface area contributed by atoms with Crippen LogP contribution in [-0.2, 0) is 13.0 Å². The molecule has 100 valence electrons. The smallest absolute Gasteiger partial charge is 0.0770 e. The minimum atomic E-state index is 0.927. The molecule has 3 nitrogen and oxygen atoms in total. The van der Waals surface area contributed by atoms with Crippen molar-refractivity contribution in [3.8, 4) is 0 Å². The van der Waals surface area contributed by atoms with Gasteiger partial charge in [-0.25, -0.2) is 0 Å². The van der Waals surface area contributed by atoms with Crippen molar-refractivity contribution >= 4 is 22.0 Å². The van der Waals surface area contributed by atoms with Gasteiger partial charge in [-0.1, -0.05) is 12.5 Å². The van der Waals surface area contributed by atoms with Gasteiger partial charge in [-0.05, 0) is 67.7 Å². The van der Waals surface area contributed by atoms with E-state index >= 15 is 0 Å². The maximum atomic E-state index is 4.65. The van der Waals surface area contributed by atoms with Gasteiger partial charge in [0.05, 0.1) is 15.9 Å². The summed E-state index contributed by atoms with van der Waals surface area (Å²) in [5.41, 5.74) is 3.94. The lowest BCUT2D eigenvalue weighted by Gasteiger charge is -2.05. The minimum absolute atomic E-state index is 0.927. The summed E-state index contributed by atoms with van der Waals surface area (Å²) >= 11 is 3.71. The standard InChI is InChI=1S/C14H22BrN3/c1-3-12-14(15)13(18(4-2)17-12)10-11-6-5-8-16-9-7-11/h10,16H,3-9H2,1-2H3/b11-10-. The van der Waals surface area contributed by atoms with Crippen LogP contribution in [0, 0.1) is 0 Å². The lowest BCUT2D eigenvalue weighted by Crippen LogP contribution is -2.13. The molecular formula is C14H22BrN3.